The smallest absolute Gasteiger partial charge is 0.271 e. The molecule has 1 N–H and O–H groups in total. The van der Waals surface area contributed by atoms with Crippen LogP contribution in [0, 0.1) is 6.92 Å². The Labute approximate surface area is 143 Å². The summed E-state index contributed by atoms with van der Waals surface area (Å²) in [4.78, 5) is 24.8. The van der Waals surface area contributed by atoms with Crippen molar-refractivity contribution in [2.75, 3.05) is 38.6 Å². The number of hydrogen-bond donors (Lipinski definition) is 1. The number of aromatic nitrogens is 2. The Morgan fingerprint density at radius 3 is 2.58 bits per heavy atom. The molecule has 0 aliphatic carbocycles. The highest BCUT2D eigenvalue weighted by atomic mass is 16.1. The van der Waals surface area contributed by atoms with Gasteiger partial charge in [0.25, 0.3) is 5.91 Å². The number of nitrogens with one attached hydrogen (secondary N) is 1. The van der Waals surface area contributed by atoms with E-state index in [1.54, 1.807) is 6.20 Å². The highest BCUT2D eigenvalue weighted by Gasteiger charge is 2.12. The molecule has 1 heterocycles. The van der Waals surface area contributed by atoms with E-state index in [9.17, 15) is 4.79 Å². The van der Waals surface area contributed by atoms with E-state index in [1.165, 1.54) is 11.8 Å². The van der Waals surface area contributed by atoms with Crippen molar-refractivity contribution in [2.45, 2.75) is 13.8 Å². The second-order valence-electron chi connectivity index (χ2n) is 5.90. The average Bonchev–Trinajstić information content (AvgIpc) is 2.56. The molecular weight excluding hydrogens is 302 g/mol. The van der Waals surface area contributed by atoms with Crippen molar-refractivity contribution in [3.8, 4) is 0 Å². The topological polar surface area (TPSA) is 61.4 Å². The number of likely N-dealkylation sites (N-methyl/N-ethyl adjacent to an activating group) is 1. The lowest BCUT2D eigenvalue weighted by Gasteiger charge is -2.22. The number of carbonyl (C=O) groups excluding carboxylic acids is 1. The Kier molecular flexibility index (Phi) is 6.26. The van der Waals surface area contributed by atoms with E-state index in [2.05, 4.69) is 46.2 Å². The maximum Gasteiger partial charge on any atom is 0.271 e. The molecule has 1 amide bonds. The minimum atomic E-state index is -0.200. The van der Waals surface area contributed by atoms with Crippen molar-refractivity contribution < 1.29 is 4.79 Å². The Hall–Kier alpha value is -2.47. The lowest BCUT2D eigenvalue weighted by Crippen LogP contribution is -2.32. The molecular formula is C18H25N5O. The molecule has 0 aliphatic rings. The van der Waals surface area contributed by atoms with E-state index in [-0.39, 0.29) is 5.91 Å². The Balaban J connectivity index is 2.08. The molecule has 0 fully saturated rings. The van der Waals surface area contributed by atoms with Gasteiger partial charge in [0.1, 0.15) is 5.69 Å². The van der Waals surface area contributed by atoms with Gasteiger partial charge in [-0.1, -0.05) is 12.1 Å². The molecule has 6 nitrogen and oxygen atoms in total. The second-order valence-corrected chi connectivity index (χ2v) is 5.90. The maximum absolute atomic E-state index is 12.0. The number of nitrogens with zero attached hydrogens (tertiary/aromatic N) is 4. The molecule has 0 bridgehead atoms. The molecule has 0 aliphatic heterocycles. The lowest BCUT2D eigenvalue weighted by molar-refractivity contribution is 0.0945. The van der Waals surface area contributed by atoms with E-state index in [4.69, 9.17) is 0 Å². The summed E-state index contributed by atoms with van der Waals surface area (Å²) in [6, 6.07) is 8.23. The van der Waals surface area contributed by atoms with Crippen LogP contribution in [0.25, 0.3) is 0 Å². The zero-order chi connectivity index (χ0) is 17.5. The van der Waals surface area contributed by atoms with E-state index >= 15 is 0 Å². The first kappa shape index (κ1) is 17.9. The summed E-state index contributed by atoms with van der Waals surface area (Å²) < 4.78 is 0. The van der Waals surface area contributed by atoms with Crippen LogP contribution in [0.15, 0.2) is 36.7 Å². The van der Waals surface area contributed by atoms with Crippen LogP contribution in [-0.2, 0) is 0 Å². The fourth-order valence-corrected chi connectivity index (χ4v) is 2.33. The molecule has 1 aromatic heterocycles. The molecule has 1 aromatic carbocycles. The number of anilines is 2. The van der Waals surface area contributed by atoms with Gasteiger partial charge in [-0.2, -0.15) is 0 Å². The van der Waals surface area contributed by atoms with Crippen molar-refractivity contribution in [1.82, 2.24) is 20.2 Å². The van der Waals surface area contributed by atoms with Crippen LogP contribution in [0.5, 0.6) is 0 Å². The Morgan fingerprint density at radius 1 is 1.21 bits per heavy atom. The summed E-state index contributed by atoms with van der Waals surface area (Å²) in [5.41, 5.74) is 2.59. The molecule has 0 unspecified atom stereocenters. The van der Waals surface area contributed by atoms with Gasteiger partial charge in [0.15, 0.2) is 5.82 Å². The molecule has 128 valence electrons. The highest BCUT2D eigenvalue weighted by Crippen LogP contribution is 2.23. The minimum absolute atomic E-state index is 0.200. The molecule has 2 rings (SSSR count). The number of benzene rings is 1. The van der Waals surface area contributed by atoms with Crippen LogP contribution in [0.1, 0.15) is 23.0 Å². The summed E-state index contributed by atoms with van der Waals surface area (Å²) in [6.07, 6.45) is 3.17. The third kappa shape index (κ3) is 4.76. The van der Waals surface area contributed by atoms with Gasteiger partial charge in [0, 0.05) is 25.3 Å². The Bertz CT molecular complexity index is 669. The van der Waals surface area contributed by atoms with Gasteiger partial charge in [0.2, 0.25) is 0 Å². The molecule has 0 saturated heterocycles. The van der Waals surface area contributed by atoms with Crippen LogP contribution >= 0.6 is 0 Å². The molecule has 2 aromatic rings. The molecule has 6 heteroatoms. The maximum atomic E-state index is 12.0. The Morgan fingerprint density at radius 2 is 2.00 bits per heavy atom. The van der Waals surface area contributed by atoms with Crippen LogP contribution in [-0.4, -0.2) is 54.5 Å². The van der Waals surface area contributed by atoms with Crippen molar-refractivity contribution in [3.63, 3.8) is 0 Å². The summed E-state index contributed by atoms with van der Waals surface area (Å²) in [7, 11) is 3.93. The van der Waals surface area contributed by atoms with Crippen molar-refractivity contribution >= 4 is 17.4 Å². The molecule has 24 heavy (non-hydrogen) atoms. The van der Waals surface area contributed by atoms with Gasteiger partial charge in [-0.15, -0.1) is 0 Å². The minimum Gasteiger partial charge on any atom is -0.349 e. The van der Waals surface area contributed by atoms with Crippen molar-refractivity contribution in [3.05, 3.63) is 47.9 Å². The average molecular weight is 327 g/mol. The van der Waals surface area contributed by atoms with Crippen LogP contribution in [0.2, 0.25) is 0 Å². The molecule has 0 saturated carbocycles. The number of carbonyl (C=O) groups is 1. The standard InChI is InChI=1S/C18H25N5O/c1-5-23(15-8-6-7-14(2)11-15)17-13-20-16(12-21-17)18(24)19-9-10-22(3)4/h6-8,11-13H,5,9-10H2,1-4H3,(H,19,24). The largest absolute Gasteiger partial charge is 0.349 e. The van der Waals surface area contributed by atoms with Gasteiger partial charge < -0.3 is 15.1 Å². The van der Waals surface area contributed by atoms with Crippen molar-refractivity contribution in [1.29, 1.82) is 0 Å². The van der Waals surface area contributed by atoms with E-state index in [1.807, 2.05) is 31.1 Å². The van der Waals surface area contributed by atoms with Gasteiger partial charge in [-0.25, -0.2) is 9.97 Å². The highest BCUT2D eigenvalue weighted by molar-refractivity contribution is 5.92. The quantitative estimate of drug-likeness (QED) is 0.845. The predicted molar refractivity (Wildman–Crippen MR) is 96.8 cm³/mol. The van der Waals surface area contributed by atoms with Gasteiger partial charge in [-0.05, 0) is 45.6 Å². The molecule has 0 atom stereocenters. The normalized spacial score (nSPS) is 10.7. The first-order valence-electron chi connectivity index (χ1n) is 8.10. The van der Waals surface area contributed by atoms with E-state index < -0.39 is 0 Å². The van der Waals surface area contributed by atoms with Gasteiger partial charge >= 0.3 is 0 Å². The third-order valence-electron chi connectivity index (χ3n) is 3.62. The van der Waals surface area contributed by atoms with Crippen molar-refractivity contribution in [2.24, 2.45) is 0 Å². The van der Waals surface area contributed by atoms with Crippen LogP contribution < -0.4 is 10.2 Å². The monoisotopic (exact) mass is 327 g/mol. The first-order valence-corrected chi connectivity index (χ1v) is 8.10. The van der Waals surface area contributed by atoms with E-state index in [0.717, 1.165) is 24.6 Å². The number of amides is 1. The lowest BCUT2D eigenvalue weighted by atomic mass is 10.2. The van der Waals surface area contributed by atoms with Crippen LogP contribution in [0.4, 0.5) is 11.5 Å². The zero-order valence-corrected chi connectivity index (χ0v) is 14.8. The zero-order valence-electron chi connectivity index (χ0n) is 14.8. The first-order chi connectivity index (χ1) is 11.5. The van der Waals surface area contributed by atoms with Gasteiger partial charge in [-0.3, -0.25) is 4.79 Å². The summed E-state index contributed by atoms with van der Waals surface area (Å²) >= 11 is 0. The molecule has 0 spiro atoms. The summed E-state index contributed by atoms with van der Waals surface area (Å²) in [5, 5.41) is 2.84. The van der Waals surface area contributed by atoms with Gasteiger partial charge in [0.05, 0.1) is 12.4 Å². The number of hydrogen-bond acceptors (Lipinski definition) is 5. The van der Waals surface area contributed by atoms with E-state index in [0.29, 0.717) is 12.2 Å². The fraction of sp³-hybridized carbons (Fsp3) is 0.389. The summed E-state index contributed by atoms with van der Waals surface area (Å²) in [5.74, 6) is 0.530. The second kappa shape index (κ2) is 8.40. The number of rotatable bonds is 7. The summed E-state index contributed by atoms with van der Waals surface area (Å²) in [6.45, 7) is 6.26. The fourth-order valence-electron chi connectivity index (χ4n) is 2.33. The number of aryl methyl sites for hydroxylation is 1. The molecule has 0 radical (unpaired) electrons. The third-order valence-corrected chi connectivity index (χ3v) is 3.62. The predicted octanol–water partition coefficient (Wildman–Crippen LogP) is 2.23. The SMILES string of the molecule is CCN(c1cccc(C)c1)c1cnc(C(=O)NCCN(C)C)cn1. The van der Waals surface area contributed by atoms with Crippen LogP contribution in [0.3, 0.4) is 0 Å².